The SMILES string of the molecule is NC(=O)C1OCc2ccncc21. The highest BCUT2D eigenvalue weighted by molar-refractivity contribution is 5.81. The van der Waals surface area contributed by atoms with Gasteiger partial charge >= 0.3 is 0 Å². The van der Waals surface area contributed by atoms with Gasteiger partial charge in [-0.2, -0.15) is 0 Å². The largest absolute Gasteiger partial charge is 0.367 e. The summed E-state index contributed by atoms with van der Waals surface area (Å²) >= 11 is 0. The van der Waals surface area contributed by atoms with Crippen LogP contribution >= 0.6 is 0 Å². The molecule has 0 radical (unpaired) electrons. The molecule has 2 N–H and O–H groups in total. The number of primary amides is 1. The molecule has 0 bridgehead atoms. The summed E-state index contributed by atoms with van der Waals surface area (Å²) in [5.41, 5.74) is 6.91. The van der Waals surface area contributed by atoms with E-state index in [1.165, 1.54) is 0 Å². The van der Waals surface area contributed by atoms with Gasteiger partial charge in [-0.15, -0.1) is 0 Å². The molecule has 1 amide bonds. The van der Waals surface area contributed by atoms with Crippen molar-refractivity contribution >= 4 is 5.91 Å². The third kappa shape index (κ3) is 0.967. The van der Waals surface area contributed by atoms with Crippen molar-refractivity contribution in [3.8, 4) is 0 Å². The minimum atomic E-state index is -0.603. The fourth-order valence-corrected chi connectivity index (χ4v) is 1.30. The number of nitrogens with two attached hydrogens (primary N) is 1. The zero-order chi connectivity index (χ0) is 8.55. The summed E-state index contributed by atoms with van der Waals surface area (Å²) in [4.78, 5) is 14.7. The van der Waals surface area contributed by atoms with Crippen molar-refractivity contribution in [3.05, 3.63) is 29.6 Å². The van der Waals surface area contributed by atoms with Crippen LogP contribution in [0.3, 0.4) is 0 Å². The summed E-state index contributed by atoms with van der Waals surface area (Å²) in [6.07, 6.45) is 2.69. The zero-order valence-electron chi connectivity index (χ0n) is 6.36. The quantitative estimate of drug-likeness (QED) is 0.642. The lowest BCUT2D eigenvalue weighted by atomic mass is 10.1. The number of nitrogens with zero attached hydrogens (tertiary/aromatic N) is 1. The molecule has 1 aromatic heterocycles. The van der Waals surface area contributed by atoms with Gasteiger partial charge in [-0.1, -0.05) is 0 Å². The van der Waals surface area contributed by atoms with Crippen molar-refractivity contribution in [2.45, 2.75) is 12.7 Å². The van der Waals surface area contributed by atoms with Gasteiger partial charge in [0.1, 0.15) is 0 Å². The second-order valence-corrected chi connectivity index (χ2v) is 2.67. The number of carbonyl (C=O) groups excluding carboxylic acids is 1. The highest BCUT2D eigenvalue weighted by Gasteiger charge is 2.27. The second kappa shape index (κ2) is 2.57. The van der Waals surface area contributed by atoms with Gasteiger partial charge in [0, 0.05) is 18.0 Å². The normalized spacial score (nSPS) is 20.5. The first-order valence-corrected chi connectivity index (χ1v) is 3.63. The Bertz CT molecular complexity index is 325. The maximum absolute atomic E-state index is 10.8. The number of amides is 1. The van der Waals surface area contributed by atoms with E-state index in [9.17, 15) is 4.79 Å². The summed E-state index contributed by atoms with van der Waals surface area (Å²) in [6, 6.07) is 1.83. The average molecular weight is 164 g/mol. The Morgan fingerprint density at radius 1 is 1.75 bits per heavy atom. The van der Waals surface area contributed by atoms with Crippen LogP contribution in [-0.2, 0) is 16.1 Å². The van der Waals surface area contributed by atoms with Gasteiger partial charge in [0.2, 0.25) is 0 Å². The molecule has 2 rings (SSSR count). The van der Waals surface area contributed by atoms with Crippen LogP contribution in [-0.4, -0.2) is 10.9 Å². The molecule has 4 nitrogen and oxygen atoms in total. The molecule has 0 fully saturated rings. The zero-order valence-corrected chi connectivity index (χ0v) is 6.36. The van der Waals surface area contributed by atoms with Gasteiger partial charge in [0.05, 0.1) is 6.61 Å². The second-order valence-electron chi connectivity index (χ2n) is 2.67. The van der Waals surface area contributed by atoms with Gasteiger partial charge in [-0.3, -0.25) is 9.78 Å². The van der Waals surface area contributed by atoms with Crippen molar-refractivity contribution in [1.29, 1.82) is 0 Å². The van der Waals surface area contributed by atoms with E-state index >= 15 is 0 Å². The minimum absolute atomic E-state index is 0.450. The number of hydrogen-bond acceptors (Lipinski definition) is 3. The Labute approximate surface area is 69.4 Å². The number of fused-ring (bicyclic) bond motifs is 1. The van der Waals surface area contributed by atoms with Crippen LogP contribution in [0.5, 0.6) is 0 Å². The molecule has 1 unspecified atom stereocenters. The van der Waals surface area contributed by atoms with E-state index < -0.39 is 12.0 Å². The van der Waals surface area contributed by atoms with Crippen molar-refractivity contribution in [2.75, 3.05) is 0 Å². The molecule has 0 saturated carbocycles. The summed E-state index contributed by atoms with van der Waals surface area (Å²) in [7, 11) is 0. The third-order valence-corrected chi connectivity index (χ3v) is 1.89. The van der Waals surface area contributed by atoms with E-state index in [-0.39, 0.29) is 0 Å². The lowest BCUT2D eigenvalue weighted by Gasteiger charge is -2.03. The lowest BCUT2D eigenvalue weighted by Crippen LogP contribution is -2.20. The van der Waals surface area contributed by atoms with E-state index in [1.54, 1.807) is 12.4 Å². The minimum Gasteiger partial charge on any atom is -0.367 e. The Balaban J connectivity index is 2.42. The molecule has 1 aromatic rings. The molecule has 0 aromatic carbocycles. The molecule has 12 heavy (non-hydrogen) atoms. The van der Waals surface area contributed by atoms with Crippen molar-refractivity contribution in [2.24, 2.45) is 5.73 Å². The number of hydrogen-bond donors (Lipinski definition) is 1. The standard InChI is InChI=1S/C8H8N2O2/c9-8(11)7-6-3-10-2-1-5(6)4-12-7/h1-3,7H,4H2,(H2,9,11). The molecule has 4 heteroatoms. The Kier molecular flexibility index (Phi) is 1.55. The van der Waals surface area contributed by atoms with Crippen LogP contribution < -0.4 is 5.73 Å². The summed E-state index contributed by atoms with van der Waals surface area (Å²) in [5, 5.41) is 0. The van der Waals surface area contributed by atoms with E-state index in [0.717, 1.165) is 11.1 Å². The monoisotopic (exact) mass is 164 g/mol. The molecular weight excluding hydrogens is 156 g/mol. The number of carbonyl (C=O) groups is 1. The number of ether oxygens (including phenoxy) is 1. The summed E-state index contributed by atoms with van der Waals surface area (Å²) in [5.74, 6) is -0.457. The van der Waals surface area contributed by atoms with E-state index in [1.807, 2.05) is 6.07 Å². The van der Waals surface area contributed by atoms with Crippen LogP contribution in [0.1, 0.15) is 17.2 Å². The Hall–Kier alpha value is -1.42. The molecule has 0 spiro atoms. The van der Waals surface area contributed by atoms with Crippen LogP contribution in [0.2, 0.25) is 0 Å². The topological polar surface area (TPSA) is 65.2 Å². The predicted octanol–water partition coefficient (Wildman–Crippen LogP) is 0.138. The molecule has 1 aliphatic heterocycles. The molecule has 1 atom stereocenters. The molecule has 0 saturated heterocycles. The molecule has 2 heterocycles. The molecule has 1 aliphatic rings. The van der Waals surface area contributed by atoms with Crippen LogP contribution in [0.25, 0.3) is 0 Å². The van der Waals surface area contributed by atoms with Crippen LogP contribution in [0.15, 0.2) is 18.5 Å². The Morgan fingerprint density at radius 2 is 2.58 bits per heavy atom. The van der Waals surface area contributed by atoms with Gasteiger partial charge < -0.3 is 10.5 Å². The first kappa shape index (κ1) is 7.24. The van der Waals surface area contributed by atoms with Gasteiger partial charge in [-0.25, -0.2) is 0 Å². The average Bonchev–Trinajstić information content (AvgIpc) is 2.47. The fraction of sp³-hybridized carbons (Fsp3) is 0.250. The third-order valence-electron chi connectivity index (χ3n) is 1.89. The highest BCUT2D eigenvalue weighted by Crippen LogP contribution is 2.28. The first-order chi connectivity index (χ1) is 5.79. The van der Waals surface area contributed by atoms with E-state index in [2.05, 4.69) is 4.98 Å². The van der Waals surface area contributed by atoms with Crippen LogP contribution in [0, 0.1) is 0 Å². The van der Waals surface area contributed by atoms with Gasteiger partial charge in [0.25, 0.3) is 5.91 Å². The lowest BCUT2D eigenvalue weighted by molar-refractivity contribution is -0.129. The molecule has 62 valence electrons. The Morgan fingerprint density at radius 3 is 3.33 bits per heavy atom. The molecule has 0 aliphatic carbocycles. The maximum Gasteiger partial charge on any atom is 0.251 e. The first-order valence-electron chi connectivity index (χ1n) is 3.63. The smallest absolute Gasteiger partial charge is 0.251 e. The summed E-state index contributed by atoms with van der Waals surface area (Å²) < 4.78 is 5.17. The molecular formula is C8H8N2O2. The predicted molar refractivity (Wildman–Crippen MR) is 41.0 cm³/mol. The highest BCUT2D eigenvalue weighted by atomic mass is 16.5. The maximum atomic E-state index is 10.8. The van der Waals surface area contributed by atoms with Crippen molar-refractivity contribution in [1.82, 2.24) is 4.98 Å². The fourth-order valence-electron chi connectivity index (χ4n) is 1.30. The van der Waals surface area contributed by atoms with Crippen molar-refractivity contribution in [3.63, 3.8) is 0 Å². The van der Waals surface area contributed by atoms with E-state index in [0.29, 0.717) is 6.61 Å². The summed E-state index contributed by atoms with van der Waals surface area (Å²) in [6.45, 7) is 0.450. The number of aromatic nitrogens is 1. The number of rotatable bonds is 1. The van der Waals surface area contributed by atoms with Crippen LogP contribution in [0.4, 0.5) is 0 Å². The van der Waals surface area contributed by atoms with Gasteiger partial charge in [-0.05, 0) is 11.6 Å². The number of pyridine rings is 1. The van der Waals surface area contributed by atoms with E-state index in [4.69, 9.17) is 10.5 Å². The van der Waals surface area contributed by atoms with Crippen molar-refractivity contribution < 1.29 is 9.53 Å². The van der Waals surface area contributed by atoms with Gasteiger partial charge in [0.15, 0.2) is 6.10 Å².